The van der Waals surface area contributed by atoms with Crippen LogP contribution in [0.15, 0.2) is 60.7 Å². The predicted molar refractivity (Wildman–Crippen MR) is 145 cm³/mol. The van der Waals surface area contributed by atoms with E-state index in [-0.39, 0.29) is 0 Å². The molecule has 4 bridgehead atoms. The van der Waals surface area contributed by atoms with Gasteiger partial charge in [-0.05, 0) is 102 Å². The first-order valence-corrected chi connectivity index (χ1v) is 16.7. The van der Waals surface area contributed by atoms with Crippen LogP contribution in [0.5, 0.6) is 0 Å². The van der Waals surface area contributed by atoms with E-state index in [1.54, 1.807) is 6.42 Å². The Morgan fingerprint density at radius 3 is 1.85 bits per heavy atom. The summed E-state index contributed by atoms with van der Waals surface area (Å²) in [5.41, 5.74) is 0. The normalized spacial score (nSPS) is 40.8. The molecule has 0 amide bonds. The van der Waals surface area contributed by atoms with E-state index in [4.69, 9.17) is 4.43 Å². The molecule has 6 rings (SSSR count). The van der Waals surface area contributed by atoms with Crippen LogP contribution in [-0.4, -0.2) is 14.9 Å². The standard InChI is InChI=1S/C32H44OSi/c1-5-23-16-24-18-30(23)32(21(24)2)31-22(3)29-19-25(31)17-26(29)20-33-34(4,27-12-8-6-9-13-27)28-14-10-7-11-15-28/h6-15,21-26,29-32H,5,16-20H2,1-4H3. The van der Waals surface area contributed by atoms with Crippen molar-refractivity contribution >= 4 is 18.7 Å². The third-order valence-electron chi connectivity index (χ3n) is 11.4. The summed E-state index contributed by atoms with van der Waals surface area (Å²) in [6.45, 7) is 11.1. The van der Waals surface area contributed by atoms with Gasteiger partial charge in [-0.3, -0.25) is 0 Å². The van der Waals surface area contributed by atoms with Gasteiger partial charge in [-0.1, -0.05) is 87.9 Å². The molecule has 0 aromatic heterocycles. The lowest BCUT2D eigenvalue weighted by Crippen LogP contribution is -2.59. The van der Waals surface area contributed by atoms with Gasteiger partial charge in [-0.2, -0.15) is 0 Å². The summed E-state index contributed by atoms with van der Waals surface area (Å²) in [5, 5.41) is 2.80. The molecule has 0 saturated heterocycles. The van der Waals surface area contributed by atoms with Crippen molar-refractivity contribution in [2.24, 2.45) is 59.2 Å². The fraction of sp³-hybridized carbons (Fsp3) is 0.625. The van der Waals surface area contributed by atoms with Crippen LogP contribution in [-0.2, 0) is 4.43 Å². The zero-order chi connectivity index (χ0) is 23.4. The summed E-state index contributed by atoms with van der Waals surface area (Å²) >= 11 is 0. The van der Waals surface area contributed by atoms with Crippen LogP contribution in [0, 0.1) is 59.2 Å². The molecule has 34 heavy (non-hydrogen) atoms. The zero-order valence-corrected chi connectivity index (χ0v) is 22.7. The van der Waals surface area contributed by atoms with Gasteiger partial charge in [-0.25, -0.2) is 0 Å². The van der Waals surface area contributed by atoms with Crippen LogP contribution >= 0.6 is 0 Å². The Morgan fingerprint density at radius 1 is 0.706 bits per heavy atom. The Balaban J connectivity index is 1.18. The van der Waals surface area contributed by atoms with Gasteiger partial charge in [0.15, 0.2) is 0 Å². The highest BCUT2D eigenvalue weighted by molar-refractivity contribution is 6.96. The number of benzene rings is 2. The Kier molecular flexibility index (Phi) is 6.05. The molecule has 10 atom stereocenters. The second-order valence-corrected chi connectivity index (χ2v) is 16.2. The van der Waals surface area contributed by atoms with Crippen LogP contribution in [0.1, 0.15) is 52.9 Å². The molecule has 0 aliphatic heterocycles. The van der Waals surface area contributed by atoms with Gasteiger partial charge in [0.25, 0.3) is 8.32 Å². The topological polar surface area (TPSA) is 9.23 Å². The monoisotopic (exact) mass is 472 g/mol. The van der Waals surface area contributed by atoms with Crippen molar-refractivity contribution in [2.45, 2.75) is 59.4 Å². The molecule has 0 N–H and O–H groups in total. The third kappa shape index (κ3) is 3.58. The van der Waals surface area contributed by atoms with E-state index in [1.807, 2.05) is 0 Å². The highest BCUT2D eigenvalue weighted by Crippen LogP contribution is 2.66. The maximum atomic E-state index is 7.09. The summed E-state index contributed by atoms with van der Waals surface area (Å²) in [6, 6.07) is 22.1. The van der Waals surface area contributed by atoms with Gasteiger partial charge in [-0.15, -0.1) is 0 Å². The van der Waals surface area contributed by atoms with Gasteiger partial charge >= 0.3 is 0 Å². The molecular weight excluding hydrogens is 428 g/mol. The summed E-state index contributed by atoms with van der Waals surface area (Å²) in [6.07, 6.45) is 7.40. The van der Waals surface area contributed by atoms with Gasteiger partial charge < -0.3 is 4.43 Å². The van der Waals surface area contributed by atoms with Crippen LogP contribution in [0.25, 0.3) is 0 Å². The van der Waals surface area contributed by atoms with Crippen LogP contribution < -0.4 is 10.4 Å². The lowest BCUT2D eigenvalue weighted by Gasteiger charge is -2.45. The minimum atomic E-state index is -2.20. The molecule has 4 aliphatic rings. The van der Waals surface area contributed by atoms with Crippen molar-refractivity contribution < 1.29 is 4.43 Å². The fourth-order valence-corrected chi connectivity index (χ4v) is 12.6. The Labute approximate surface area is 208 Å². The highest BCUT2D eigenvalue weighted by atomic mass is 28.4. The van der Waals surface area contributed by atoms with Crippen molar-refractivity contribution in [3.05, 3.63) is 60.7 Å². The molecular formula is C32H44OSi. The summed E-state index contributed by atoms with van der Waals surface area (Å²) in [5.74, 6) is 9.57. The zero-order valence-electron chi connectivity index (χ0n) is 21.7. The SMILES string of the molecule is CCC1CC2CC1C(C1C3CC(CO[Si](C)(c4ccccc4)c4ccccc4)C(C3)C1C)C2C. The molecule has 0 radical (unpaired) electrons. The van der Waals surface area contributed by atoms with E-state index in [2.05, 4.69) is 88.0 Å². The van der Waals surface area contributed by atoms with E-state index in [0.29, 0.717) is 0 Å². The summed E-state index contributed by atoms with van der Waals surface area (Å²) in [4.78, 5) is 0. The second-order valence-electron chi connectivity index (χ2n) is 12.7. The predicted octanol–water partition coefficient (Wildman–Crippen LogP) is 6.62. The molecule has 4 fully saturated rings. The van der Waals surface area contributed by atoms with Gasteiger partial charge in [0.05, 0.1) is 0 Å². The third-order valence-corrected chi connectivity index (χ3v) is 15.1. The van der Waals surface area contributed by atoms with Crippen molar-refractivity contribution in [3.63, 3.8) is 0 Å². The first kappa shape index (κ1) is 23.0. The van der Waals surface area contributed by atoms with Crippen molar-refractivity contribution in [1.82, 2.24) is 0 Å². The second kappa shape index (κ2) is 8.93. The number of fused-ring (bicyclic) bond motifs is 4. The average molecular weight is 473 g/mol. The molecule has 0 spiro atoms. The lowest BCUT2D eigenvalue weighted by molar-refractivity contribution is 0.0268. The molecule has 2 aromatic carbocycles. The first-order chi connectivity index (χ1) is 16.5. The van der Waals surface area contributed by atoms with E-state index in [9.17, 15) is 0 Å². The molecule has 4 aliphatic carbocycles. The van der Waals surface area contributed by atoms with Gasteiger partial charge in [0.2, 0.25) is 0 Å². The molecule has 182 valence electrons. The Bertz CT molecular complexity index is 932. The molecule has 2 heteroatoms. The lowest BCUT2D eigenvalue weighted by atomic mass is 9.61. The fourth-order valence-electron chi connectivity index (χ4n) is 9.76. The van der Waals surface area contributed by atoms with Crippen LogP contribution in [0.3, 0.4) is 0 Å². The largest absolute Gasteiger partial charge is 0.408 e. The molecule has 0 heterocycles. The first-order valence-electron chi connectivity index (χ1n) is 14.3. The maximum Gasteiger partial charge on any atom is 0.252 e. The molecule has 2 aromatic rings. The number of hydrogen-bond acceptors (Lipinski definition) is 1. The van der Waals surface area contributed by atoms with Crippen LogP contribution in [0.2, 0.25) is 6.55 Å². The van der Waals surface area contributed by atoms with Crippen molar-refractivity contribution in [2.75, 3.05) is 6.61 Å². The molecule has 4 saturated carbocycles. The van der Waals surface area contributed by atoms with E-state index in [1.165, 1.54) is 36.1 Å². The number of hydrogen-bond donors (Lipinski definition) is 0. The minimum Gasteiger partial charge on any atom is -0.408 e. The summed E-state index contributed by atoms with van der Waals surface area (Å²) in [7, 11) is -2.20. The van der Waals surface area contributed by atoms with E-state index >= 15 is 0 Å². The van der Waals surface area contributed by atoms with Crippen molar-refractivity contribution in [1.29, 1.82) is 0 Å². The van der Waals surface area contributed by atoms with E-state index < -0.39 is 8.32 Å². The van der Waals surface area contributed by atoms with Crippen LogP contribution in [0.4, 0.5) is 0 Å². The van der Waals surface area contributed by atoms with Gasteiger partial charge in [0, 0.05) is 6.61 Å². The van der Waals surface area contributed by atoms with Gasteiger partial charge in [0.1, 0.15) is 0 Å². The van der Waals surface area contributed by atoms with E-state index in [0.717, 1.165) is 65.8 Å². The smallest absolute Gasteiger partial charge is 0.252 e. The molecule has 1 nitrogen and oxygen atoms in total. The maximum absolute atomic E-state index is 7.09. The quantitative estimate of drug-likeness (QED) is 0.412. The van der Waals surface area contributed by atoms with Crippen molar-refractivity contribution in [3.8, 4) is 0 Å². The molecule has 10 unspecified atom stereocenters. The Morgan fingerprint density at radius 2 is 1.29 bits per heavy atom. The highest BCUT2D eigenvalue weighted by Gasteiger charge is 2.60. The Hall–Kier alpha value is -1.38. The summed E-state index contributed by atoms with van der Waals surface area (Å²) < 4.78 is 7.09. The number of rotatable bonds is 7. The average Bonchev–Trinajstić information content (AvgIpc) is 3.63. The minimum absolute atomic E-state index is 0.756.